The average molecular weight is 272 g/mol. The molecule has 3 heteroatoms. The fourth-order valence-corrected chi connectivity index (χ4v) is 2.45. The van der Waals surface area contributed by atoms with Gasteiger partial charge in [0.05, 0.1) is 0 Å². The summed E-state index contributed by atoms with van der Waals surface area (Å²) >= 11 is 0. The summed E-state index contributed by atoms with van der Waals surface area (Å²) in [5.74, 6) is -0.212. The van der Waals surface area contributed by atoms with E-state index in [0.29, 0.717) is 6.54 Å². The van der Waals surface area contributed by atoms with Crippen molar-refractivity contribution in [1.82, 2.24) is 0 Å². The first-order valence-electron chi connectivity index (χ1n) is 6.98. The molecule has 0 aliphatic rings. The van der Waals surface area contributed by atoms with Crippen LogP contribution in [0.5, 0.6) is 0 Å². The predicted octanol–water partition coefficient (Wildman–Crippen LogP) is 3.79. The second-order valence-corrected chi connectivity index (χ2v) is 4.89. The van der Waals surface area contributed by atoms with E-state index < -0.39 is 0 Å². The fraction of sp³-hybridized carbons (Fsp3) is 0.294. The summed E-state index contributed by atoms with van der Waals surface area (Å²) in [6.45, 7) is 5.62. The first-order valence-corrected chi connectivity index (χ1v) is 6.98. The molecule has 0 heterocycles. The predicted molar refractivity (Wildman–Crippen MR) is 83.0 cm³/mol. The van der Waals surface area contributed by atoms with Crippen LogP contribution in [0.2, 0.25) is 0 Å². The smallest absolute Gasteiger partial charge is 0.123 e. The summed E-state index contributed by atoms with van der Waals surface area (Å²) < 4.78 is 13.1. The summed E-state index contributed by atoms with van der Waals surface area (Å²) in [5.41, 5.74) is 10.3. The van der Waals surface area contributed by atoms with Crippen LogP contribution in [-0.2, 0) is 6.42 Å². The van der Waals surface area contributed by atoms with Gasteiger partial charge in [0.25, 0.3) is 0 Å². The highest BCUT2D eigenvalue weighted by molar-refractivity contribution is 5.67. The van der Waals surface area contributed by atoms with Crippen LogP contribution in [0.1, 0.15) is 18.1 Å². The minimum absolute atomic E-state index is 0.212. The lowest BCUT2D eigenvalue weighted by molar-refractivity contribution is 0.628. The molecule has 0 aliphatic heterocycles. The largest absolute Gasteiger partial charge is 0.342 e. The van der Waals surface area contributed by atoms with E-state index in [0.717, 1.165) is 24.3 Å². The van der Waals surface area contributed by atoms with Crippen molar-refractivity contribution in [3.63, 3.8) is 0 Å². The zero-order valence-corrected chi connectivity index (χ0v) is 12.1. The number of hydrogen-bond acceptors (Lipinski definition) is 2. The first kappa shape index (κ1) is 14.5. The second-order valence-electron chi connectivity index (χ2n) is 4.89. The Labute approximate surface area is 120 Å². The number of rotatable bonds is 5. The van der Waals surface area contributed by atoms with Gasteiger partial charge in [0, 0.05) is 17.9 Å². The van der Waals surface area contributed by atoms with E-state index in [4.69, 9.17) is 5.73 Å². The van der Waals surface area contributed by atoms with Crippen molar-refractivity contribution in [1.29, 1.82) is 0 Å². The number of nitrogens with two attached hydrogens (primary N) is 1. The Kier molecular flexibility index (Phi) is 4.74. The molecular formula is C17H21FN2. The molecule has 2 rings (SSSR count). The van der Waals surface area contributed by atoms with Crippen molar-refractivity contribution in [3.8, 4) is 0 Å². The number of halogens is 1. The highest BCUT2D eigenvalue weighted by Crippen LogP contribution is 2.29. The van der Waals surface area contributed by atoms with Gasteiger partial charge in [0.1, 0.15) is 5.82 Å². The Morgan fingerprint density at radius 2 is 1.80 bits per heavy atom. The van der Waals surface area contributed by atoms with Gasteiger partial charge in [-0.25, -0.2) is 4.39 Å². The van der Waals surface area contributed by atoms with Crippen LogP contribution >= 0.6 is 0 Å². The SMILES string of the molecule is CCN(c1ccc(F)cc1)c1ccc(C)cc1CCN. The molecule has 2 nitrogen and oxygen atoms in total. The molecule has 0 spiro atoms. The Morgan fingerprint density at radius 1 is 1.10 bits per heavy atom. The van der Waals surface area contributed by atoms with E-state index in [1.807, 2.05) is 12.1 Å². The van der Waals surface area contributed by atoms with E-state index in [1.54, 1.807) is 0 Å². The van der Waals surface area contributed by atoms with Gasteiger partial charge in [0.15, 0.2) is 0 Å². The second kappa shape index (κ2) is 6.53. The topological polar surface area (TPSA) is 29.3 Å². The van der Waals surface area contributed by atoms with Crippen LogP contribution in [0.3, 0.4) is 0 Å². The van der Waals surface area contributed by atoms with Gasteiger partial charge in [-0.05, 0) is 62.7 Å². The molecule has 0 saturated carbocycles. The lowest BCUT2D eigenvalue weighted by Crippen LogP contribution is -2.18. The van der Waals surface area contributed by atoms with Crippen LogP contribution in [0.25, 0.3) is 0 Å². The van der Waals surface area contributed by atoms with E-state index in [9.17, 15) is 4.39 Å². The Bertz CT molecular complexity index is 564. The van der Waals surface area contributed by atoms with Crippen LogP contribution in [0.15, 0.2) is 42.5 Å². The molecule has 106 valence electrons. The lowest BCUT2D eigenvalue weighted by Gasteiger charge is -2.26. The van der Waals surface area contributed by atoms with Crippen molar-refractivity contribution in [2.24, 2.45) is 5.73 Å². The molecule has 0 atom stereocenters. The van der Waals surface area contributed by atoms with Crippen molar-refractivity contribution in [2.45, 2.75) is 20.3 Å². The van der Waals surface area contributed by atoms with E-state index in [2.05, 4.69) is 36.9 Å². The quantitative estimate of drug-likeness (QED) is 0.897. The molecule has 0 aromatic heterocycles. The van der Waals surface area contributed by atoms with Gasteiger partial charge in [-0.2, -0.15) is 0 Å². The molecule has 20 heavy (non-hydrogen) atoms. The maximum atomic E-state index is 13.1. The summed E-state index contributed by atoms with van der Waals surface area (Å²) in [4.78, 5) is 2.18. The van der Waals surface area contributed by atoms with Crippen LogP contribution in [0, 0.1) is 12.7 Å². The maximum Gasteiger partial charge on any atom is 0.123 e. The van der Waals surface area contributed by atoms with Crippen LogP contribution < -0.4 is 10.6 Å². The zero-order valence-electron chi connectivity index (χ0n) is 12.1. The zero-order chi connectivity index (χ0) is 14.5. The van der Waals surface area contributed by atoms with Gasteiger partial charge < -0.3 is 10.6 Å². The number of hydrogen-bond donors (Lipinski definition) is 1. The van der Waals surface area contributed by atoms with Gasteiger partial charge in [0.2, 0.25) is 0 Å². The molecular weight excluding hydrogens is 251 g/mol. The highest BCUT2D eigenvalue weighted by Gasteiger charge is 2.11. The third-order valence-corrected chi connectivity index (χ3v) is 3.39. The van der Waals surface area contributed by atoms with Gasteiger partial charge in [-0.15, -0.1) is 0 Å². The summed E-state index contributed by atoms with van der Waals surface area (Å²) in [6.07, 6.45) is 0.842. The number of anilines is 2. The van der Waals surface area contributed by atoms with Gasteiger partial charge in [-0.3, -0.25) is 0 Å². The molecule has 2 aromatic carbocycles. The molecule has 0 unspecified atom stereocenters. The molecule has 0 aliphatic carbocycles. The number of nitrogens with zero attached hydrogens (tertiary/aromatic N) is 1. The molecule has 0 saturated heterocycles. The van der Waals surface area contributed by atoms with Crippen LogP contribution in [-0.4, -0.2) is 13.1 Å². The average Bonchev–Trinajstić information content (AvgIpc) is 2.44. The summed E-state index contributed by atoms with van der Waals surface area (Å²) in [6, 6.07) is 13.0. The minimum Gasteiger partial charge on any atom is -0.342 e. The molecule has 2 N–H and O–H groups in total. The molecule has 2 aromatic rings. The third-order valence-electron chi connectivity index (χ3n) is 3.39. The number of aryl methyl sites for hydroxylation is 1. The van der Waals surface area contributed by atoms with E-state index >= 15 is 0 Å². The third kappa shape index (κ3) is 3.17. The Hall–Kier alpha value is -1.87. The van der Waals surface area contributed by atoms with Gasteiger partial charge >= 0.3 is 0 Å². The monoisotopic (exact) mass is 272 g/mol. The van der Waals surface area contributed by atoms with E-state index in [1.165, 1.54) is 23.3 Å². The normalized spacial score (nSPS) is 10.6. The van der Waals surface area contributed by atoms with Crippen molar-refractivity contribution in [2.75, 3.05) is 18.0 Å². The molecule has 0 fully saturated rings. The van der Waals surface area contributed by atoms with E-state index in [-0.39, 0.29) is 5.82 Å². The minimum atomic E-state index is -0.212. The standard InChI is InChI=1S/C17H21FN2/c1-3-20(16-7-5-15(18)6-8-16)17-9-4-13(2)12-14(17)10-11-19/h4-9,12H,3,10-11,19H2,1-2H3. The van der Waals surface area contributed by atoms with Crippen molar-refractivity contribution in [3.05, 3.63) is 59.4 Å². The maximum absolute atomic E-state index is 13.1. The molecule has 0 amide bonds. The fourth-order valence-electron chi connectivity index (χ4n) is 2.45. The van der Waals surface area contributed by atoms with Crippen molar-refractivity contribution >= 4 is 11.4 Å². The molecule has 0 bridgehead atoms. The Morgan fingerprint density at radius 3 is 2.40 bits per heavy atom. The number of benzene rings is 2. The lowest BCUT2D eigenvalue weighted by atomic mass is 10.0. The molecule has 0 radical (unpaired) electrons. The summed E-state index contributed by atoms with van der Waals surface area (Å²) in [7, 11) is 0. The Balaban J connectivity index is 2.43. The first-order chi connectivity index (χ1) is 9.65. The highest BCUT2D eigenvalue weighted by atomic mass is 19.1. The van der Waals surface area contributed by atoms with Crippen molar-refractivity contribution < 1.29 is 4.39 Å². The van der Waals surface area contributed by atoms with Crippen LogP contribution in [0.4, 0.5) is 15.8 Å². The van der Waals surface area contributed by atoms with Gasteiger partial charge in [-0.1, -0.05) is 17.7 Å². The summed E-state index contributed by atoms with van der Waals surface area (Å²) in [5, 5.41) is 0.